The van der Waals surface area contributed by atoms with Gasteiger partial charge in [-0.2, -0.15) is 13.2 Å². The van der Waals surface area contributed by atoms with Gasteiger partial charge in [0, 0.05) is 43.8 Å². The quantitative estimate of drug-likeness (QED) is 0.640. The van der Waals surface area contributed by atoms with Crippen molar-refractivity contribution in [3.63, 3.8) is 0 Å². The Labute approximate surface area is 182 Å². The number of carbonyl (C=O) groups excluding carboxylic acids is 1. The lowest BCUT2D eigenvalue weighted by Gasteiger charge is -2.37. The number of aromatic nitrogens is 3. The van der Waals surface area contributed by atoms with Gasteiger partial charge in [-0.3, -0.25) is 9.78 Å². The summed E-state index contributed by atoms with van der Waals surface area (Å²) in [5, 5.41) is 2.82. The molecule has 1 aliphatic heterocycles. The second-order valence-electron chi connectivity index (χ2n) is 7.48. The molecule has 10 heteroatoms. The molecule has 0 unspecified atom stereocenters. The molecule has 3 aromatic rings. The first-order valence-corrected chi connectivity index (χ1v) is 9.80. The fourth-order valence-electron chi connectivity index (χ4n) is 3.33. The summed E-state index contributed by atoms with van der Waals surface area (Å²) in [4.78, 5) is 25.8. The summed E-state index contributed by atoms with van der Waals surface area (Å²) >= 11 is 0. The molecule has 4 rings (SSSR count). The zero-order chi connectivity index (χ0) is 22.9. The molecule has 166 valence electrons. The van der Waals surface area contributed by atoms with Gasteiger partial charge in [-0.15, -0.1) is 0 Å². The summed E-state index contributed by atoms with van der Waals surface area (Å²) in [7, 11) is 1.61. The van der Waals surface area contributed by atoms with E-state index in [0.29, 0.717) is 24.5 Å². The molecule has 7 nitrogen and oxygen atoms in total. The highest BCUT2D eigenvalue weighted by molar-refractivity contribution is 5.93. The molecule has 1 aromatic carbocycles. The van der Waals surface area contributed by atoms with Crippen LogP contribution in [0.15, 0.2) is 48.8 Å². The maximum absolute atomic E-state index is 12.9. The average molecular weight is 443 g/mol. The van der Waals surface area contributed by atoms with Crippen molar-refractivity contribution in [1.82, 2.24) is 19.9 Å². The van der Waals surface area contributed by atoms with Gasteiger partial charge in [0.05, 0.1) is 6.10 Å². The summed E-state index contributed by atoms with van der Waals surface area (Å²) < 4.78 is 43.9. The first kappa shape index (κ1) is 21.7. The molecule has 1 amide bonds. The van der Waals surface area contributed by atoms with Crippen LogP contribution in [0, 0.1) is 6.92 Å². The van der Waals surface area contributed by atoms with E-state index >= 15 is 0 Å². The number of nitrogens with zero attached hydrogens (tertiary/aromatic N) is 4. The smallest absolute Gasteiger partial charge is 0.378 e. The highest BCUT2D eigenvalue weighted by Gasteiger charge is 2.33. The Morgan fingerprint density at radius 3 is 2.56 bits per heavy atom. The Balaban J connectivity index is 1.52. The second kappa shape index (κ2) is 8.54. The van der Waals surface area contributed by atoms with Crippen LogP contribution < -0.4 is 5.32 Å². The number of nitrogens with one attached hydrogen (secondary N) is 1. The number of pyridine rings is 1. The Bertz CT molecular complexity index is 1130. The number of rotatable bonds is 5. The first-order valence-electron chi connectivity index (χ1n) is 9.80. The Kier molecular flexibility index (Phi) is 5.79. The number of amides is 1. The number of methoxy groups -OCH3 is 1. The number of halogens is 3. The van der Waals surface area contributed by atoms with Crippen molar-refractivity contribution in [2.75, 3.05) is 25.5 Å². The number of carbonyl (C=O) groups is 1. The molecule has 2 aromatic heterocycles. The van der Waals surface area contributed by atoms with Crippen molar-refractivity contribution < 1.29 is 22.7 Å². The highest BCUT2D eigenvalue weighted by Crippen LogP contribution is 2.29. The van der Waals surface area contributed by atoms with Gasteiger partial charge in [-0.1, -0.05) is 12.1 Å². The minimum atomic E-state index is -4.55. The van der Waals surface area contributed by atoms with Crippen molar-refractivity contribution in [3.8, 4) is 11.1 Å². The topological polar surface area (TPSA) is 80.2 Å². The number of aryl methyl sites for hydroxylation is 1. The lowest BCUT2D eigenvalue weighted by molar-refractivity contribution is -0.141. The van der Waals surface area contributed by atoms with Crippen molar-refractivity contribution >= 4 is 17.5 Å². The maximum Gasteiger partial charge on any atom is 0.433 e. The highest BCUT2D eigenvalue weighted by atomic mass is 19.4. The number of alkyl halides is 3. The molecule has 0 radical (unpaired) electrons. The predicted molar refractivity (Wildman–Crippen MR) is 111 cm³/mol. The van der Waals surface area contributed by atoms with Crippen molar-refractivity contribution in [2.24, 2.45) is 0 Å². The minimum absolute atomic E-state index is 0.0669. The van der Waals surface area contributed by atoms with E-state index in [1.807, 2.05) is 13.0 Å². The third-order valence-electron chi connectivity index (χ3n) is 5.06. The molecular weight excluding hydrogens is 423 g/mol. The number of likely N-dealkylation sites (tertiary alicyclic amines) is 1. The fraction of sp³-hybridized carbons (Fsp3) is 0.273. The van der Waals surface area contributed by atoms with Crippen LogP contribution in [0.5, 0.6) is 0 Å². The zero-order valence-electron chi connectivity index (χ0n) is 17.3. The van der Waals surface area contributed by atoms with Gasteiger partial charge in [-0.05, 0) is 42.3 Å². The lowest BCUT2D eigenvalue weighted by atomic mass is 10.0. The maximum atomic E-state index is 12.9. The lowest BCUT2D eigenvalue weighted by Crippen LogP contribution is -2.54. The van der Waals surface area contributed by atoms with E-state index in [0.717, 1.165) is 29.0 Å². The van der Waals surface area contributed by atoms with Crippen LogP contribution in [0.1, 0.15) is 21.7 Å². The summed E-state index contributed by atoms with van der Waals surface area (Å²) in [5.41, 5.74) is 2.28. The molecule has 0 bridgehead atoms. The molecule has 32 heavy (non-hydrogen) atoms. The van der Waals surface area contributed by atoms with Gasteiger partial charge in [0.2, 0.25) is 5.95 Å². The van der Waals surface area contributed by atoms with E-state index in [1.165, 1.54) is 0 Å². The third kappa shape index (κ3) is 4.70. The molecule has 1 saturated heterocycles. The van der Waals surface area contributed by atoms with Crippen molar-refractivity contribution in [2.45, 2.75) is 19.2 Å². The molecule has 1 aliphatic rings. The van der Waals surface area contributed by atoms with Crippen LogP contribution in [0.25, 0.3) is 11.1 Å². The van der Waals surface area contributed by atoms with E-state index in [9.17, 15) is 18.0 Å². The molecule has 1 fully saturated rings. The van der Waals surface area contributed by atoms with Crippen molar-refractivity contribution in [3.05, 3.63) is 65.7 Å². The number of hydrogen-bond acceptors (Lipinski definition) is 6. The van der Waals surface area contributed by atoms with Gasteiger partial charge >= 0.3 is 6.18 Å². The average Bonchev–Trinajstić information content (AvgIpc) is 2.72. The van der Waals surface area contributed by atoms with E-state index < -0.39 is 11.9 Å². The molecule has 3 heterocycles. The number of benzene rings is 1. The van der Waals surface area contributed by atoms with Gasteiger partial charge in [0.15, 0.2) is 0 Å². The minimum Gasteiger partial charge on any atom is -0.378 e. The van der Waals surface area contributed by atoms with Crippen LogP contribution in [0.2, 0.25) is 0 Å². The molecule has 1 N–H and O–H groups in total. The van der Waals surface area contributed by atoms with E-state index in [-0.39, 0.29) is 18.0 Å². The van der Waals surface area contributed by atoms with Crippen LogP contribution in [-0.4, -0.2) is 52.1 Å². The normalized spacial score (nSPS) is 14.2. The summed E-state index contributed by atoms with van der Waals surface area (Å²) in [6.07, 6.45) is -1.83. The Morgan fingerprint density at radius 1 is 1.12 bits per heavy atom. The van der Waals surface area contributed by atoms with Gasteiger partial charge in [0.1, 0.15) is 11.4 Å². The predicted octanol–water partition coefficient (Wildman–Crippen LogP) is 4.08. The van der Waals surface area contributed by atoms with Crippen LogP contribution in [-0.2, 0) is 10.9 Å². The van der Waals surface area contributed by atoms with Gasteiger partial charge in [-0.25, -0.2) is 9.97 Å². The number of anilines is 2. The SMILES string of the molecule is COC1CN(C(=O)c2ccc(-c3cc(C)cc(Nc4nccc(C(F)(F)F)n4)c3)cn2)C1. The summed E-state index contributed by atoms with van der Waals surface area (Å²) in [5.74, 6) is -0.308. The van der Waals surface area contributed by atoms with E-state index in [2.05, 4.69) is 20.3 Å². The Morgan fingerprint density at radius 2 is 1.91 bits per heavy atom. The van der Waals surface area contributed by atoms with Crippen LogP contribution >= 0.6 is 0 Å². The summed E-state index contributed by atoms with van der Waals surface area (Å²) in [6.45, 7) is 2.95. The second-order valence-corrected chi connectivity index (χ2v) is 7.48. The fourth-order valence-corrected chi connectivity index (χ4v) is 3.33. The molecular formula is C22H20F3N5O2. The van der Waals surface area contributed by atoms with E-state index in [4.69, 9.17) is 4.74 Å². The first-order chi connectivity index (χ1) is 15.2. The Hall–Kier alpha value is -3.53. The summed E-state index contributed by atoms with van der Waals surface area (Å²) in [6, 6.07) is 9.70. The van der Waals surface area contributed by atoms with E-state index in [1.54, 1.807) is 42.5 Å². The third-order valence-corrected chi connectivity index (χ3v) is 5.06. The molecule has 0 aliphatic carbocycles. The van der Waals surface area contributed by atoms with Crippen LogP contribution in [0.3, 0.4) is 0 Å². The largest absolute Gasteiger partial charge is 0.433 e. The van der Waals surface area contributed by atoms with Gasteiger partial charge in [0.25, 0.3) is 5.91 Å². The number of ether oxygens (including phenoxy) is 1. The molecule has 0 saturated carbocycles. The zero-order valence-corrected chi connectivity index (χ0v) is 17.3. The van der Waals surface area contributed by atoms with Gasteiger partial charge < -0.3 is 15.0 Å². The monoisotopic (exact) mass is 443 g/mol. The molecule has 0 spiro atoms. The molecule has 0 atom stereocenters. The van der Waals surface area contributed by atoms with Crippen LogP contribution in [0.4, 0.5) is 24.8 Å². The number of hydrogen-bond donors (Lipinski definition) is 1. The van der Waals surface area contributed by atoms with Crippen molar-refractivity contribution in [1.29, 1.82) is 0 Å². The standard InChI is InChI=1S/C22H20F3N5O2/c1-13-7-15(9-16(8-13)28-21-26-6-5-19(29-21)22(23,24)25)14-3-4-18(27-10-14)20(31)30-11-17(12-30)32-2/h3-10,17H,11-12H2,1-2H3,(H,26,28,29).